The monoisotopic (exact) mass is 429 g/mol. The van der Waals surface area contributed by atoms with E-state index in [9.17, 15) is 9.59 Å². The fraction of sp³-hybridized carbons (Fsp3) is 0.259. The Balaban J connectivity index is 1.73. The molecule has 1 fully saturated rings. The largest absolute Gasteiger partial charge is 0.388 e. The van der Waals surface area contributed by atoms with E-state index < -0.39 is 11.7 Å². The number of Topliss-reactive ketones (excluding diaryl/α,β-unsaturated/α-hetero) is 1. The van der Waals surface area contributed by atoms with E-state index in [2.05, 4.69) is 23.4 Å². The first-order valence-corrected chi connectivity index (χ1v) is 10.9. The van der Waals surface area contributed by atoms with E-state index in [1.54, 1.807) is 18.0 Å². The molecule has 1 heterocycles. The highest BCUT2D eigenvalue weighted by atomic mass is 16.2. The Morgan fingerprint density at radius 2 is 1.78 bits per heavy atom. The van der Waals surface area contributed by atoms with E-state index in [1.165, 1.54) is 0 Å². The van der Waals surface area contributed by atoms with Crippen LogP contribution in [0.25, 0.3) is 11.3 Å². The van der Waals surface area contributed by atoms with Crippen molar-refractivity contribution in [3.05, 3.63) is 90.5 Å². The number of rotatable bonds is 7. The quantitative estimate of drug-likeness (QED) is 0.394. The summed E-state index contributed by atoms with van der Waals surface area (Å²) >= 11 is 0. The van der Waals surface area contributed by atoms with Crippen LogP contribution in [0.4, 0.5) is 5.69 Å². The molecule has 1 saturated heterocycles. The molecular formula is C27H31N3O2. The summed E-state index contributed by atoms with van der Waals surface area (Å²) in [5.41, 5.74) is 4.74. The number of nitrogens with one attached hydrogen (secondary N) is 1. The van der Waals surface area contributed by atoms with Crippen molar-refractivity contribution < 1.29 is 9.59 Å². The van der Waals surface area contributed by atoms with Gasteiger partial charge in [-0.15, -0.1) is 0 Å². The molecule has 1 N–H and O–H groups in total. The van der Waals surface area contributed by atoms with E-state index in [1.807, 2.05) is 68.5 Å². The predicted molar refractivity (Wildman–Crippen MR) is 132 cm³/mol. The number of amides is 1. The summed E-state index contributed by atoms with van der Waals surface area (Å²) in [7, 11) is 1.75. The lowest BCUT2D eigenvalue weighted by Gasteiger charge is -2.41. The van der Waals surface area contributed by atoms with Gasteiger partial charge < -0.3 is 15.1 Å². The van der Waals surface area contributed by atoms with Crippen LogP contribution < -0.4 is 5.32 Å². The normalized spacial score (nSPS) is 16.2. The van der Waals surface area contributed by atoms with Crippen molar-refractivity contribution in [3.63, 3.8) is 0 Å². The van der Waals surface area contributed by atoms with Gasteiger partial charge in [0, 0.05) is 44.1 Å². The molecule has 1 aliphatic rings. The topological polar surface area (TPSA) is 52.7 Å². The molecule has 166 valence electrons. The van der Waals surface area contributed by atoms with Gasteiger partial charge in [-0.1, -0.05) is 61.7 Å². The predicted octanol–water partition coefficient (Wildman–Crippen LogP) is 4.70. The lowest BCUT2D eigenvalue weighted by molar-refractivity contribution is -0.130. The van der Waals surface area contributed by atoms with Crippen molar-refractivity contribution in [3.8, 4) is 0 Å². The minimum Gasteiger partial charge on any atom is -0.388 e. The summed E-state index contributed by atoms with van der Waals surface area (Å²) in [5.74, 6) is -0.973. The molecular weight excluding hydrogens is 398 g/mol. The van der Waals surface area contributed by atoms with Crippen LogP contribution in [0.1, 0.15) is 35.3 Å². The maximum Gasteiger partial charge on any atom is 0.295 e. The van der Waals surface area contributed by atoms with Gasteiger partial charge in [0.15, 0.2) is 0 Å². The van der Waals surface area contributed by atoms with Gasteiger partial charge in [0.1, 0.15) is 0 Å². The average molecular weight is 430 g/mol. The summed E-state index contributed by atoms with van der Waals surface area (Å²) in [6, 6.07) is 15.3. The molecule has 32 heavy (non-hydrogen) atoms. The number of nitrogens with zero attached hydrogens (tertiary/aromatic N) is 2. The number of piperazine rings is 1. The second kappa shape index (κ2) is 10.1. The molecule has 0 saturated carbocycles. The molecule has 0 aliphatic carbocycles. The first kappa shape index (κ1) is 23.1. The Labute approximate surface area is 190 Å². The molecule has 1 atom stereocenters. The van der Waals surface area contributed by atoms with Crippen LogP contribution in [0.3, 0.4) is 0 Å². The maximum atomic E-state index is 13.1. The van der Waals surface area contributed by atoms with Crippen LogP contribution in [0.2, 0.25) is 0 Å². The zero-order chi connectivity index (χ0) is 23.3. The third-order valence-electron chi connectivity index (χ3n) is 5.84. The standard InChI is InChI=1S/C27H31N3O2/c1-6-10-19(2)23-13-14-24(25(17-23)28-5)26(31)27(32)30-16-15-29(18-20(30)3)21(4)22-11-8-7-9-12-22/h6-14,17,20,28H,2,4,15-16,18H2,1,3,5H3/b10-6-. The van der Waals surface area contributed by atoms with Crippen LogP contribution in [-0.2, 0) is 4.79 Å². The van der Waals surface area contributed by atoms with Crippen molar-refractivity contribution >= 4 is 28.6 Å². The Kier molecular flexibility index (Phi) is 7.31. The van der Waals surface area contributed by atoms with Crippen molar-refractivity contribution in [2.75, 3.05) is 32.0 Å². The van der Waals surface area contributed by atoms with Gasteiger partial charge in [-0.25, -0.2) is 0 Å². The number of allylic oxidation sites excluding steroid dienone is 3. The summed E-state index contributed by atoms with van der Waals surface area (Å²) in [5, 5.41) is 3.05. The molecule has 1 unspecified atom stereocenters. The first-order valence-electron chi connectivity index (χ1n) is 10.9. The zero-order valence-corrected chi connectivity index (χ0v) is 19.1. The second-order valence-electron chi connectivity index (χ2n) is 7.97. The number of ketones is 1. The molecule has 0 aromatic heterocycles. The molecule has 0 radical (unpaired) electrons. The Morgan fingerprint density at radius 3 is 2.41 bits per heavy atom. The number of hydrogen-bond donors (Lipinski definition) is 1. The smallest absolute Gasteiger partial charge is 0.295 e. The molecule has 2 aromatic rings. The van der Waals surface area contributed by atoms with Crippen molar-refractivity contribution in [2.45, 2.75) is 19.9 Å². The Hall–Kier alpha value is -3.60. The lowest BCUT2D eigenvalue weighted by Crippen LogP contribution is -2.54. The highest BCUT2D eigenvalue weighted by Crippen LogP contribution is 2.25. The Bertz CT molecular complexity index is 1060. The fourth-order valence-electron chi connectivity index (χ4n) is 4.01. The number of carbonyl (C=O) groups is 2. The summed E-state index contributed by atoms with van der Waals surface area (Å²) in [6.07, 6.45) is 3.82. The van der Waals surface area contributed by atoms with Crippen LogP contribution in [-0.4, -0.2) is 54.2 Å². The number of anilines is 1. The maximum absolute atomic E-state index is 13.1. The Morgan fingerprint density at radius 1 is 1.06 bits per heavy atom. The zero-order valence-electron chi connectivity index (χ0n) is 19.1. The fourth-order valence-corrected chi connectivity index (χ4v) is 4.01. The lowest BCUT2D eigenvalue weighted by atomic mass is 9.99. The summed E-state index contributed by atoms with van der Waals surface area (Å²) in [4.78, 5) is 30.1. The third kappa shape index (κ3) is 4.83. The second-order valence-corrected chi connectivity index (χ2v) is 7.97. The molecule has 1 aliphatic heterocycles. The molecule has 3 rings (SSSR count). The van der Waals surface area contributed by atoms with Crippen LogP contribution in [0, 0.1) is 0 Å². The molecule has 5 heteroatoms. The van der Waals surface area contributed by atoms with Gasteiger partial charge in [0.05, 0.1) is 5.56 Å². The van der Waals surface area contributed by atoms with Crippen LogP contribution in [0.15, 0.2) is 73.8 Å². The minimum absolute atomic E-state index is 0.104. The van der Waals surface area contributed by atoms with E-state index in [0.717, 1.165) is 22.4 Å². The average Bonchev–Trinajstić information content (AvgIpc) is 2.82. The first-order chi connectivity index (χ1) is 15.4. The highest BCUT2D eigenvalue weighted by Gasteiger charge is 2.33. The van der Waals surface area contributed by atoms with Gasteiger partial charge in [0.25, 0.3) is 11.7 Å². The van der Waals surface area contributed by atoms with Gasteiger partial charge >= 0.3 is 0 Å². The summed E-state index contributed by atoms with van der Waals surface area (Å²) < 4.78 is 0. The van der Waals surface area contributed by atoms with Crippen LogP contribution >= 0.6 is 0 Å². The molecule has 2 aromatic carbocycles. The van der Waals surface area contributed by atoms with Gasteiger partial charge in [-0.05, 0) is 42.7 Å². The van der Waals surface area contributed by atoms with Crippen LogP contribution in [0.5, 0.6) is 0 Å². The van der Waals surface area contributed by atoms with E-state index >= 15 is 0 Å². The number of benzene rings is 2. The van der Waals surface area contributed by atoms with Gasteiger partial charge in [0.2, 0.25) is 0 Å². The highest BCUT2D eigenvalue weighted by molar-refractivity contribution is 6.44. The van der Waals surface area contributed by atoms with Gasteiger partial charge in [-0.3, -0.25) is 9.59 Å². The van der Waals surface area contributed by atoms with Crippen molar-refractivity contribution in [2.24, 2.45) is 0 Å². The summed E-state index contributed by atoms with van der Waals surface area (Å²) in [6.45, 7) is 13.9. The number of hydrogen-bond acceptors (Lipinski definition) is 4. The minimum atomic E-state index is -0.500. The van der Waals surface area contributed by atoms with Gasteiger partial charge in [-0.2, -0.15) is 0 Å². The molecule has 1 amide bonds. The van der Waals surface area contributed by atoms with Crippen molar-refractivity contribution in [1.82, 2.24) is 9.80 Å². The van der Waals surface area contributed by atoms with E-state index in [0.29, 0.717) is 30.9 Å². The third-order valence-corrected chi connectivity index (χ3v) is 5.84. The van der Waals surface area contributed by atoms with E-state index in [4.69, 9.17) is 0 Å². The molecule has 5 nitrogen and oxygen atoms in total. The van der Waals surface area contributed by atoms with E-state index in [-0.39, 0.29) is 6.04 Å². The molecule has 0 spiro atoms. The van der Waals surface area contributed by atoms with Crippen molar-refractivity contribution in [1.29, 1.82) is 0 Å². The SMILES string of the molecule is C=C(/C=C\C)c1ccc(C(=O)C(=O)N2CCN(C(=C)c3ccccc3)CC2C)c(NC)c1. The molecule has 0 bridgehead atoms. The number of carbonyl (C=O) groups excluding carboxylic acids is 2.